The maximum atomic E-state index is 14.3. The molecular formula is C37H42O9. The predicted octanol–water partition coefficient (Wildman–Crippen LogP) is 5.90. The number of ether oxygens (including phenoxy) is 1. The summed E-state index contributed by atoms with van der Waals surface area (Å²) in [4.78, 5) is 52.4. The zero-order valence-electron chi connectivity index (χ0n) is 27.2. The van der Waals surface area contributed by atoms with Gasteiger partial charge in [-0.3, -0.25) is 19.2 Å². The Morgan fingerprint density at radius 1 is 1.02 bits per heavy atom. The fourth-order valence-electron chi connectivity index (χ4n) is 8.52. The average molecular weight is 631 g/mol. The van der Waals surface area contributed by atoms with Crippen molar-refractivity contribution < 1.29 is 44.3 Å². The number of Topliss-reactive ketones (excluding diaryl/α,β-unsaturated/α-hetero) is 3. The number of phenolic OH excluding ortho intramolecular Hbond substituents is 1. The van der Waals surface area contributed by atoms with Crippen LogP contribution in [0.25, 0.3) is 11.1 Å². The van der Waals surface area contributed by atoms with Crippen molar-refractivity contribution in [3.63, 3.8) is 0 Å². The first kappa shape index (κ1) is 33.1. The summed E-state index contributed by atoms with van der Waals surface area (Å²) in [6.45, 7) is 10.2. The van der Waals surface area contributed by atoms with Crippen molar-refractivity contribution >= 4 is 23.3 Å². The summed E-state index contributed by atoms with van der Waals surface area (Å²) in [5.41, 5.74) is -2.89. The minimum atomic E-state index is -2.65. The summed E-state index contributed by atoms with van der Waals surface area (Å²) in [5.74, 6) is -5.59. The molecule has 0 amide bonds. The largest absolute Gasteiger partial charge is 0.511 e. The van der Waals surface area contributed by atoms with Crippen molar-refractivity contribution in [3.8, 4) is 16.9 Å². The number of rotatable bonds is 8. The van der Waals surface area contributed by atoms with Crippen LogP contribution in [0.4, 0.5) is 0 Å². The van der Waals surface area contributed by atoms with Gasteiger partial charge in [0.2, 0.25) is 5.78 Å². The number of phenols is 1. The average Bonchev–Trinajstić information content (AvgIpc) is 2.95. The van der Waals surface area contributed by atoms with Crippen molar-refractivity contribution in [1.29, 1.82) is 0 Å². The number of aliphatic hydroxyl groups is 3. The number of hydrogen-bond donors (Lipinski definition) is 4. The molecule has 0 radical (unpaired) electrons. The van der Waals surface area contributed by atoms with E-state index in [2.05, 4.69) is 0 Å². The number of benzene rings is 2. The van der Waals surface area contributed by atoms with Gasteiger partial charge >= 0.3 is 5.97 Å². The third-order valence-electron chi connectivity index (χ3n) is 10.3. The molecule has 9 heteroatoms. The molecule has 46 heavy (non-hydrogen) atoms. The van der Waals surface area contributed by atoms with Crippen LogP contribution in [-0.2, 0) is 32.0 Å². The molecule has 5 rings (SSSR count). The predicted molar refractivity (Wildman–Crippen MR) is 170 cm³/mol. The van der Waals surface area contributed by atoms with Gasteiger partial charge in [0.25, 0.3) is 0 Å². The lowest BCUT2D eigenvalue weighted by molar-refractivity contribution is -0.171. The SMILES string of the molecule is CCOC(=O)CCCc1ccc(-c2ccc(O)c3c2C[C@]2(C)C[C@]4(C)C(C(C)C)C(O)=C(C(C)=O)C(=O)[C@]4(O)C(O)=C2C3=O)cc1. The second-order valence-corrected chi connectivity index (χ2v) is 13.8. The van der Waals surface area contributed by atoms with Crippen molar-refractivity contribution in [2.45, 2.75) is 79.2 Å². The fourth-order valence-corrected chi connectivity index (χ4v) is 8.52. The molecule has 0 fully saturated rings. The van der Waals surface area contributed by atoms with E-state index in [1.807, 2.05) is 24.3 Å². The van der Waals surface area contributed by atoms with Gasteiger partial charge in [-0.1, -0.05) is 58.0 Å². The number of aryl methyl sites for hydroxylation is 1. The van der Waals surface area contributed by atoms with Crippen molar-refractivity contribution in [3.05, 3.63) is 75.8 Å². The fraction of sp³-hybridized carbons (Fsp3) is 0.459. The molecule has 0 heterocycles. The van der Waals surface area contributed by atoms with E-state index in [-0.39, 0.29) is 41.6 Å². The second-order valence-electron chi connectivity index (χ2n) is 13.8. The Hall–Kier alpha value is -4.24. The lowest BCUT2D eigenvalue weighted by Gasteiger charge is -2.59. The molecule has 4 N–H and O–H groups in total. The van der Waals surface area contributed by atoms with Crippen molar-refractivity contribution in [2.24, 2.45) is 22.7 Å². The van der Waals surface area contributed by atoms with E-state index in [0.717, 1.165) is 18.1 Å². The highest BCUT2D eigenvalue weighted by atomic mass is 16.5. The molecule has 0 bridgehead atoms. The van der Waals surface area contributed by atoms with E-state index in [1.54, 1.807) is 40.7 Å². The number of aliphatic hydroxyl groups excluding tert-OH is 2. The van der Waals surface area contributed by atoms with Gasteiger partial charge in [-0.2, -0.15) is 0 Å². The van der Waals surface area contributed by atoms with Crippen molar-refractivity contribution in [1.82, 2.24) is 0 Å². The van der Waals surface area contributed by atoms with Crippen LogP contribution in [0.1, 0.15) is 82.3 Å². The maximum Gasteiger partial charge on any atom is 0.305 e. The first-order valence-corrected chi connectivity index (χ1v) is 15.8. The Bertz CT molecular complexity index is 1710. The summed E-state index contributed by atoms with van der Waals surface area (Å²) in [7, 11) is 0. The van der Waals surface area contributed by atoms with E-state index in [0.29, 0.717) is 37.0 Å². The molecule has 2 aromatic rings. The summed E-state index contributed by atoms with van der Waals surface area (Å²) in [5, 5.41) is 46.3. The number of carbonyl (C=O) groups is 4. The lowest BCUT2D eigenvalue weighted by atomic mass is 9.44. The van der Waals surface area contributed by atoms with Gasteiger partial charge in [-0.15, -0.1) is 0 Å². The molecule has 0 saturated carbocycles. The number of esters is 1. The lowest BCUT2D eigenvalue weighted by Crippen LogP contribution is -2.67. The van der Waals surface area contributed by atoms with Gasteiger partial charge in [-0.05, 0) is 73.8 Å². The zero-order chi connectivity index (χ0) is 33.9. The number of ketones is 3. The molecule has 0 saturated heterocycles. The quantitative estimate of drug-likeness (QED) is 0.206. The summed E-state index contributed by atoms with van der Waals surface area (Å²) in [6, 6.07) is 10.9. The number of hydrogen-bond acceptors (Lipinski definition) is 9. The van der Waals surface area contributed by atoms with Crippen molar-refractivity contribution in [2.75, 3.05) is 6.61 Å². The standard InChI is InChI=1S/C37H42O9/c1-7-46-26(40)10-8-9-21-11-13-22(14-12-21)23-15-16-25(39)28-24(23)17-35(5)18-36(6)29(19(2)3)31(41)27(20(4)38)33(43)37(36,45)34(44)30(35)32(28)42/h11-16,19,29,39,41,44-45H,7-10,17-18H2,1-6H3/t29?,35-,36-,37+/m1/s1. The van der Waals surface area contributed by atoms with Crippen LogP contribution in [0.5, 0.6) is 5.75 Å². The third-order valence-corrected chi connectivity index (χ3v) is 10.3. The molecule has 1 unspecified atom stereocenters. The normalized spacial score (nSPS) is 27.3. The third kappa shape index (κ3) is 4.78. The molecular weight excluding hydrogens is 588 g/mol. The van der Waals surface area contributed by atoms with Crippen LogP contribution in [0.3, 0.4) is 0 Å². The van der Waals surface area contributed by atoms with E-state index < -0.39 is 56.8 Å². The molecule has 3 aliphatic rings. The highest BCUT2D eigenvalue weighted by molar-refractivity contribution is 6.25. The highest BCUT2D eigenvalue weighted by Gasteiger charge is 2.71. The molecule has 9 nitrogen and oxygen atoms in total. The van der Waals surface area contributed by atoms with Gasteiger partial charge in [-0.25, -0.2) is 0 Å². The minimum Gasteiger partial charge on any atom is -0.511 e. The van der Waals surface area contributed by atoms with E-state index in [1.165, 1.54) is 6.07 Å². The number of carbonyl (C=O) groups excluding carboxylic acids is 4. The molecule has 244 valence electrons. The maximum absolute atomic E-state index is 14.3. The van der Waals surface area contributed by atoms with E-state index in [9.17, 15) is 39.6 Å². The Morgan fingerprint density at radius 3 is 2.26 bits per heavy atom. The van der Waals surface area contributed by atoms with Crippen LogP contribution in [0, 0.1) is 22.7 Å². The van der Waals surface area contributed by atoms with Crippen LogP contribution in [0.2, 0.25) is 0 Å². The molecule has 0 aliphatic heterocycles. The number of aromatic hydroxyl groups is 1. The van der Waals surface area contributed by atoms with Gasteiger partial charge in [0.05, 0.1) is 12.2 Å². The number of allylic oxidation sites excluding steroid dienone is 2. The molecule has 0 spiro atoms. The smallest absolute Gasteiger partial charge is 0.305 e. The van der Waals surface area contributed by atoms with Crippen LogP contribution in [-0.4, -0.2) is 56.0 Å². The molecule has 4 atom stereocenters. The highest BCUT2D eigenvalue weighted by Crippen LogP contribution is 2.65. The Kier molecular flexibility index (Phi) is 8.30. The Morgan fingerprint density at radius 2 is 1.67 bits per heavy atom. The first-order chi connectivity index (χ1) is 21.5. The Balaban J connectivity index is 1.61. The Labute approximate surface area is 268 Å². The van der Waals surface area contributed by atoms with Gasteiger partial charge < -0.3 is 25.2 Å². The summed E-state index contributed by atoms with van der Waals surface area (Å²) >= 11 is 0. The van der Waals surface area contributed by atoms with E-state index >= 15 is 0 Å². The van der Waals surface area contributed by atoms with Crippen LogP contribution in [0.15, 0.2) is 59.1 Å². The monoisotopic (exact) mass is 630 g/mol. The van der Waals surface area contributed by atoms with Crippen LogP contribution >= 0.6 is 0 Å². The second kappa shape index (κ2) is 11.5. The molecule has 3 aliphatic carbocycles. The van der Waals surface area contributed by atoms with Crippen LogP contribution < -0.4 is 0 Å². The van der Waals surface area contributed by atoms with E-state index in [4.69, 9.17) is 4.74 Å². The van der Waals surface area contributed by atoms with Gasteiger partial charge in [0.15, 0.2) is 17.2 Å². The minimum absolute atomic E-state index is 0.0175. The number of fused-ring (bicyclic) bond motifs is 3. The molecule has 0 aromatic heterocycles. The van der Waals surface area contributed by atoms with Gasteiger partial charge in [0, 0.05) is 28.7 Å². The van der Waals surface area contributed by atoms with Gasteiger partial charge in [0.1, 0.15) is 22.8 Å². The summed E-state index contributed by atoms with van der Waals surface area (Å²) in [6.07, 6.45) is 1.86. The first-order valence-electron chi connectivity index (χ1n) is 15.8. The zero-order valence-corrected chi connectivity index (χ0v) is 27.2. The topological polar surface area (TPSA) is 158 Å². The molecule has 2 aromatic carbocycles. The summed E-state index contributed by atoms with van der Waals surface area (Å²) < 4.78 is 5.00.